The molecule has 0 aromatic carbocycles. The van der Waals surface area contributed by atoms with Crippen molar-refractivity contribution in [3.05, 3.63) is 60.8 Å². The van der Waals surface area contributed by atoms with Gasteiger partial charge in [0.15, 0.2) is 0 Å². The molecule has 0 bridgehead atoms. The van der Waals surface area contributed by atoms with Crippen molar-refractivity contribution in [2.75, 3.05) is 13.2 Å². The van der Waals surface area contributed by atoms with Crippen LogP contribution >= 0.6 is 0 Å². The van der Waals surface area contributed by atoms with E-state index in [4.69, 9.17) is 4.74 Å². The Bertz CT molecular complexity index is 1290. The van der Waals surface area contributed by atoms with Gasteiger partial charge in [0, 0.05) is 12.8 Å². The van der Waals surface area contributed by atoms with Gasteiger partial charge in [0.05, 0.1) is 25.4 Å². The number of allylic oxidation sites excluding steroid dienone is 9. The molecule has 0 heterocycles. The normalized spacial score (nSPS) is 13.0. The number of carbonyl (C=O) groups is 2. The molecular weight excluding hydrogens is 911 g/mol. The van der Waals surface area contributed by atoms with E-state index in [0.29, 0.717) is 19.4 Å². The molecule has 0 saturated heterocycles. The molecule has 6 heteroatoms. The molecule has 3 N–H and O–H groups in total. The van der Waals surface area contributed by atoms with Gasteiger partial charge >= 0.3 is 5.97 Å². The van der Waals surface area contributed by atoms with Crippen molar-refractivity contribution in [1.82, 2.24) is 5.32 Å². The number of aliphatic hydroxyl groups is 2. The van der Waals surface area contributed by atoms with Crippen LogP contribution in [0.2, 0.25) is 0 Å². The highest BCUT2D eigenvalue weighted by Crippen LogP contribution is 2.16. The molecule has 0 radical (unpaired) electrons. The van der Waals surface area contributed by atoms with Crippen LogP contribution in [-0.4, -0.2) is 47.4 Å². The first-order valence-corrected chi connectivity index (χ1v) is 32.6. The second kappa shape index (κ2) is 63.1. The number of unbranched alkanes of at least 4 members (excludes halogenated alkanes) is 41. The molecule has 0 aromatic rings. The lowest BCUT2D eigenvalue weighted by Gasteiger charge is -2.20. The van der Waals surface area contributed by atoms with Gasteiger partial charge in [-0.05, 0) is 96.3 Å². The molecule has 2 atom stereocenters. The summed E-state index contributed by atoms with van der Waals surface area (Å²) in [6, 6.07) is -0.634. The fourth-order valence-electron chi connectivity index (χ4n) is 9.75. The summed E-state index contributed by atoms with van der Waals surface area (Å²) in [6.07, 6.45) is 82.7. The van der Waals surface area contributed by atoms with E-state index in [1.165, 1.54) is 250 Å². The van der Waals surface area contributed by atoms with Gasteiger partial charge in [-0.3, -0.25) is 9.59 Å². The minimum absolute atomic E-state index is 0.00534. The van der Waals surface area contributed by atoms with Crippen LogP contribution in [0.5, 0.6) is 0 Å². The molecule has 2 unspecified atom stereocenters. The quantitative estimate of drug-likeness (QED) is 0.0320. The summed E-state index contributed by atoms with van der Waals surface area (Å²) in [4.78, 5) is 24.5. The number of hydrogen-bond donors (Lipinski definition) is 3. The van der Waals surface area contributed by atoms with Crippen LogP contribution in [0.15, 0.2) is 60.8 Å². The van der Waals surface area contributed by atoms with Gasteiger partial charge in [-0.1, -0.05) is 286 Å². The molecule has 6 nitrogen and oxygen atoms in total. The van der Waals surface area contributed by atoms with E-state index in [1.807, 2.05) is 6.08 Å². The number of hydrogen-bond acceptors (Lipinski definition) is 5. The van der Waals surface area contributed by atoms with E-state index >= 15 is 0 Å². The van der Waals surface area contributed by atoms with Crippen molar-refractivity contribution in [1.29, 1.82) is 0 Å². The lowest BCUT2D eigenvalue weighted by molar-refractivity contribution is -0.143. The average molecular weight is 1040 g/mol. The fourth-order valence-corrected chi connectivity index (χ4v) is 9.75. The van der Waals surface area contributed by atoms with Crippen LogP contribution in [0.25, 0.3) is 0 Å². The van der Waals surface area contributed by atoms with Gasteiger partial charge in [-0.15, -0.1) is 0 Å². The van der Waals surface area contributed by atoms with Gasteiger partial charge in [0.1, 0.15) is 0 Å². The maximum absolute atomic E-state index is 12.5. The van der Waals surface area contributed by atoms with Crippen LogP contribution in [0.4, 0.5) is 0 Å². The molecule has 0 fully saturated rings. The number of carbonyl (C=O) groups excluding carboxylic acids is 2. The highest BCUT2D eigenvalue weighted by Gasteiger charge is 2.18. The summed E-state index contributed by atoms with van der Waals surface area (Å²) in [7, 11) is 0. The van der Waals surface area contributed by atoms with E-state index < -0.39 is 12.1 Å². The molecule has 1 amide bonds. The largest absolute Gasteiger partial charge is 0.466 e. The molecule has 0 saturated carbocycles. The molecule has 0 aromatic heterocycles. The second-order valence-electron chi connectivity index (χ2n) is 22.1. The van der Waals surface area contributed by atoms with Gasteiger partial charge in [-0.25, -0.2) is 0 Å². The second-order valence-corrected chi connectivity index (χ2v) is 22.1. The third-order valence-corrected chi connectivity index (χ3v) is 14.8. The van der Waals surface area contributed by atoms with E-state index in [-0.39, 0.29) is 18.5 Å². The number of esters is 1. The Morgan fingerprint density at radius 3 is 1.04 bits per heavy atom. The Balaban J connectivity index is 3.47. The third-order valence-electron chi connectivity index (χ3n) is 14.8. The number of rotatable bonds is 60. The van der Waals surface area contributed by atoms with E-state index in [2.05, 4.69) is 67.8 Å². The molecular formula is C68H125NO5. The summed E-state index contributed by atoms with van der Waals surface area (Å²) in [5, 5.41) is 23.1. The van der Waals surface area contributed by atoms with Crippen molar-refractivity contribution in [2.45, 2.75) is 347 Å². The Morgan fingerprint density at radius 2 is 0.676 bits per heavy atom. The van der Waals surface area contributed by atoms with E-state index in [1.54, 1.807) is 6.08 Å². The molecule has 432 valence electrons. The van der Waals surface area contributed by atoms with Gasteiger partial charge < -0.3 is 20.3 Å². The van der Waals surface area contributed by atoms with E-state index in [0.717, 1.165) is 57.8 Å². The monoisotopic (exact) mass is 1040 g/mol. The summed E-state index contributed by atoms with van der Waals surface area (Å²) in [5.74, 6) is -0.0789. The predicted octanol–water partition coefficient (Wildman–Crippen LogP) is 20.7. The van der Waals surface area contributed by atoms with Gasteiger partial charge in [-0.2, -0.15) is 0 Å². The minimum atomic E-state index is -0.850. The summed E-state index contributed by atoms with van der Waals surface area (Å²) >= 11 is 0. The van der Waals surface area contributed by atoms with Crippen molar-refractivity contribution in [3.8, 4) is 0 Å². The van der Waals surface area contributed by atoms with E-state index in [9.17, 15) is 19.8 Å². The Hall–Kier alpha value is -2.44. The highest BCUT2D eigenvalue weighted by molar-refractivity contribution is 5.76. The third kappa shape index (κ3) is 58.8. The SMILES string of the molecule is CCCCCC/C=C\C/C=C\CCCCCCCC(=O)OCCCCCCCCCCC/C=C\C/C=C\CCCCCCCCCCCC(=O)NC(CO)C(O)/C=C/CCCCCCCCCCCCCCCC. The number of amides is 1. The maximum atomic E-state index is 12.5. The van der Waals surface area contributed by atoms with Crippen LogP contribution in [0.1, 0.15) is 335 Å². The average Bonchev–Trinajstić information content (AvgIpc) is 3.40. The highest BCUT2D eigenvalue weighted by atomic mass is 16.5. The Kier molecular flexibility index (Phi) is 61.0. The summed E-state index contributed by atoms with van der Waals surface area (Å²) < 4.78 is 5.48. The number of aliphatic hydroxyl groups excluding tert-OH is 2. The standard InChI is InChI=1S/C68H125NO5/c1-3-5-7-9-11-13-15-17-19-32-36-40-44-48-52-56-60-66(71)65(64-70)69-67(72)61-57-53-49-45-41-37-33-30-28-26-24-22-21-23-25-27-29-31-35-39-43-47-51-55-59-63-74-68(73)62-58-54-50-46-42-38-34-20-18-16-14-12-10-8-6-4-2/h14,16,20,22-25,34,56,60,65-66,70-71H,3-13,15,17-19,21,26-33,35-55,57-59,61-64H2,1-2H3,(H,69,72)/b16-14-,24-22-,25-23-,34-20-,60-56+. The first-order chi connectivity index (χ1) is 36.5. The summed E-state index contributed by atoms with van der Waals surface area (Å²) in [5.41, 5.74) is 0. The molecule has 0 spiro atoms. The lowest BCUT2D eigenvalue weighted by Crippen LogP contribution is -2.45. The Morgan fingerprint density at radius 1 is 0.378 bits per heavy atom. The first-order valence-electron chi connectivity index (χ1n) is 32.6. The number of nitrogens with one attached hydrogen (secondary N) is 1. The Labute approximate surface area is 460 Å². The van der Waals surface area contributed by atoms with Gasteiger partial charge in [0.2, 0.25) is 5.91 Å². The zero-order valence-corrected chi connectivity index (χ0v) is 49.3. The molecule has 0 aliphatic carbocycles. The molecule has 74 heavy (non-hydrogen) atoms. The maximum Gasteiger partial charge on any atom is 0.305 e. The van der Waals surface area contributed by atoms with Crippen molar-refractivity contribution < 1.29 is 24.5 Å². The minimum Gasteiger partial charge on any atom is -0.466 e. The fraction of sp³-hybridized carbons (Fsp3) is 0.824. The van der Waals surface area contributed by atoms with Crippen LogP contribution in [0.3, 0.4) is 0 Å². The van der Waals surface area contributed by atoms with Crippen molar-refractivity contribution >= 4 is 11.9 Å². The van der Waals surface area contributed by atoms with Crippen molar-refractivity contribution in [2.24, 2.45) is 0 Å². The molecule has 0 rings (SSSR count). The number of ether oxygens (including phenoxy) is 1. The smallest absolute Gasteiger partial charge is 0.305 e. The van der Waals surface area contributed by atoms with Crippen LogP contribution in [0, 0.1) is 0 Å². The lowest BCUT2D eigenvalue weighted by atomic mass is 10.0. The van der Waals surface area contributed by atoms with Crippen LogP contribution < -0.4 is 5.32 Å². The first kappa shape index (κ1) is 71.6. The van der Waals surface area contributed by atoms with Gasteiger partial charge in [0.25, 0.3) is 0 Å². The molecule has 0 aliphatic rings. The zero-order chi connectivity index (χ0) is 53.6. The van der Waals surface area contributed by atoms with Crippen LogP contribution in [-0.2, 0) is 14.3 Å². The predicted molar refractivity (Wildman–Crippen MR) is 324 cm³/mol. The topological polar surface area (TPSA) is 95.9 Å². The van der Waals surface area contributed by atoms with Crippen molar-refractivity contribution in [3.63, 3.8) is 0 Å². The summed E-state index contributed by atoms with van der Waals surface area (Å²) in [6.45, 7) is 4.88. The molecule has 0 aliphatic heterocycles. The zero-order valence-electron chi connectivity index (χ0n) is 49.3.